The lowest BCUT2D eigenvalue weighted by atomic mass is 10.00. The second-order valence-electron chi connectivity index (χ2n) is 9.30. The Balaban J connectivity index is 1.30. The maximum atomic E-state index is 13.2. The minimum absolute atomic E-state index is 0.0898. The summed E-state index contributed by atoms with van der Waals surface area (Å²) in [5.74, 6) is -1.14. The van der Waals surface area contributed by atoms with Crippen molar-refractivity contribution in [3.05, 3.63) is 144 Å². The van der Waals surface area contributed by atoms with Crippen molar-refractivity contribution in [1.82, 2.24) is 0 Å². The van der Waals surface area contributed by atoms with E-state index < -0.39 is 23.6 Å². The van der Waals surface area contributed by atoms with Crippen molar-refractivity contribution >= 4 is 34.6 Å². The van der Waals surface area contributed by atoms with E-state index in [1.54, 1.807) is 18.2 Å². The van der Waals surface area contributed by atoms with Crippen LogP contribution in [0, 0.1) is 0 Å². The molecule has 4 nitrogen and oxygen atoms in total. The Kier molecular flexibility index (Phi) is 6.19. The highest BCUT2D eigenvalue weighted by atomic mass is 19.4. The minimum Gasteiger partial charge on any atom is -0.311 e. The number of benzene rings is 5. The number of imide groups is 1. The molecule has 0 radical (unpaired) electrons. The third-order valence-electron chi connectivity index (χ3n) is 6.83. The van der Waals surface area contributed by atoms with Crippen molar-refractivity contribution in [3.8, 4) is 11.1 Å². The van der Waals surface area contributed by atoms with E-state index in [4.69, 9.17) is 0 Å². The molecule has 0 saturated carbocycles. The van der Waals surface area contributed by atoms with E-state index in [2.05, 4.69) is 4.90 Å². The monoisotopic (exact) mass is 534 g/mol. The van der Waals surface area contributed by atoms with E-state index in [0.717, 1.165) is 57.4 Å². The van der Waals surface area contributed by atoms with E-state index in [1.807, 2.05) is 84.9 Å². The third-order valence-corrected chi connectivity index (χ3v) is 6.83. The smallest absolute Gasteiger partial charge is 0.311 e. The van der Waals surface area contributed by atoms with Crippen LogP contribution in [0.4, 0.5) is 35.9 Å². The van der Waals surface area contributed by atoms with Crippen LogP contribution in [0.5, 0.6) is 0 Å². The summed E-state index contributed by atoms with van der Waals surface area (Å²) in [5.41, 5.74) is 4.21. The first kappa shape index (κ1) is 25.1. The van der Waals surface area contributed by atoms with Gasteiger partial charge in [0.05, 0.1) is 22.4 Å². The van der Waals surface area contributed by atoms with E-state index in [-0.39, 0.29) is 16.8 Å². The number of nitrogens with zero attached hydrogens (tertiary/aromatic N) is 2. The first-order chi connectivity index (χ1) is 19.3. The first-order valence-electron chi connectivity index (χ1n) is 12.5. The molecule has 0 fully saturated rings. The Hall–Kier alpha value is -5.17. The average Bonchev–Trinajstić information content (AvgIpc) is 3.23. The summed E-state index contributed by atoms with van der Waals surface area (Å²) in [5, 5.41) is 0. The average molecular weight is 535 g/mol. The maximum Gasteiger partial charge on any atom is 0.416 e. The van der Waals surface area contributed by atoms with Crippen LogP contribution in [0.2, 0.25) is 0 Å². The lowest BCUT2D eigenvalue weighted by Gasteiger charge is -2.25. The highest BCUT2D eigenvalue weighted by Gasteiger charge is 2.37. The third kappa shape index (κ3) is 4.52. The van der Waals surface area contributed by atoms with E-state index >= 15 is 0 Å². The zero-order valence-electron chi connectivity index (χ0n) is 21.0. The van der Waals surface area contributed by atoms with Crippen molar-refractivity contribution in [3.63, 3.8) is 0 Å². The summed E-state index contributed by atoms with van der Waals surface area (Å²) < 4.78 is 38.9. The van der Waals surface area contributed by atoms with Gasteiger partial charge in [-0.05, 0) is 83.9 Å². The molecule has 6 rings (SSSR count). The maximum absolute atomic E-state index is 13.2. The first-order valence-corrected chi connectivity index (χ1v) is 12.5. The van der Waals surface area contributed by atoms with Crippen molar-refractivity contribution in [2.24, 2.45) is 0 Å². The van der Waals surface area contributed by atoms with Gasteiger partial charge in [-0.1, -0.05) is 54.6 Å². The summed E-state index contributed by atoms with van der Waals surface area (Å²) in [7, 11) is 0. The van der Waals surface area contributed by atoms with E-state index in [0.29, 0.717) is 0 Å². The zero-order chi connectivity index (χ0) is 27.9. The van der Waals surface area contributed by atoms with Crippen LogP contribution in [-0.2, 0) is 6.18 Å². The van der Waals surface area contributed by atoms with Crippen LogP contribution < -0.4 is 9.80 Å². The molecule has 5 aromatic rings. The van der Waals surface area contributed by atoms with Crippen LogP contribution in [0.3, 0.4) is 0 Å². The van der Waals surface area contributed by atoms with Gasteiger partial charge in [-0.25, -0.2) is 4.90 Å². The molecule has 0 unspecified atom stereocenters. The van der Waals surface area contributed by atoms with Crippen molar-refractivity contribution in [2.45, 2.75) is 6.18 Å². The van der Waals surface area contributed by atoms with Gasteiger partial charge in [0.15, 0.2) is 0 Å². The number of halogens is 3. The lowest BCUT2D eigenvalue weighted by molar-refractivity contribution is -0.137. The quantitative estimate of drug-likeness (QED) is 0.212. The lowest BCUT2D eigenvalue weighted by Crippen LogP contribution is -2.29. The van der Waals surface area contributed by atoms with Gasteiger partial charge in [0.2, 0.25) is 0 Å². The number of rotatable bonds is 5. The molecule has 1 heterocycles. The summed E-state index contributed by atoms with van der Waals surface area (Å²) in [6, 6.07) is 36.9. The fraction of sp³-hybridized carbons (Fsp3) is 0.0303. The van der Waals surface area contributed by atoms with Gasteiger partial charge in [0.25, 0.3) is 11.8 Å². The molecule has 196 valence electrons. The van der Waals surface area contributed by atoms with Crippen LogP contribution in [0.15, 0.2) is 127 Å². The Morgan fingerprint density at radius 3 is 1.57 bits per heavy atom. The van der Waals surface area contributed by atoms with Gasteiger partial charge in [-0.15, -0.1) is 0 Å². The largest absolute Gasteiger partial charge is 0.416 e. The highest BCUT2D eigenvalue weighted by molar-refractivity contribution is 6.34. The zero-order valence-corrected chi connectivity index (χ0v) is 21.0. The molecular weight excluding hydrogens is 513 g/mol. The molecule has 0 atom stereocenters. The van der Waals surface area contributed by atoms with Gasteiger partial charge in [-0.3, -0.25) is 9.59 Å². The van der Waals surface area contributed by atoms with Gasteiger partial charge in [0, 0.05) is 17.1 Å². The molecule has 0 bridgehead atoms. The number of amides is 2. The van der Waals surface area contributed by atoms with Crippen LogP contribution >= 0.6 is 0 Å². The van der Waals surface area contributed by atoms with Crippen molar-refractivity contribution < 1.29 is 22.8 Å². The predicted molar refractivity (Wildman–Crippen MR) is 149 cm³/mol. The topological polar surface area (TPSA) is 40.6 Å². The number of carbonyl (C=O) groups is 2. The van der Waals surface area contributed by atoms with Gasteiger partial charge in [-0.2, -0.15) is 13.2 Å². The normalized spacial score (nSPS) is 12.9. The molecule has 5 aromatic carbocycles. The SMILES string of the molecule is O=C1c2ccc(-c3ccc(N(c4ccccc4)c4ccccc4)cc3)cc2C(=O)N1c1ccc(C(F)(F)F)cc1. The molecule has 0 N–H and O–H groups in total. The van der Waals surface area contributed by atoms with Gasteiger partial charge in [0.1, 0.15) is 0 Å². The molecule has 0 aromatic heterocycles. The standard InChI is InChI=1S/C33H21F3N2O2/c34-33(35,36)24-14-18-28(19-15-24)38-31(39)29-20-13-23(21-30(29)32(38)40)22-11-16-27(17-12-22)37(25-7-3-1-4-8-25)26-9-5-2-6-10-26/h1-21H. The number of para-hydroxylation sites is 2. The Labute approximate surface area is 228 Å². The fourth-order valence-corrected chi connectivity index (χ4v) is 4.86. The van der Waals surface area contributed by atoms with Crippen molar-refractivity contribution in [2.75, 3.05) is 9.80 Å². The molecule has 0 saturated heterocycles. The summed E-state index contributed by atoms with van der Waals surface area (Å²) in [6.07, 6.45) is -4.51. The van der Waals surface area contributed by atoms with Crippen LogP contribution in [0.25, 0.3) is 11.1 Å². The number of fused-ring (bicyclic) bond motifs is 1. The second kappa shape index (κ2) is 9.85. The molecule has 1 aliphatic heterocycles. The van der Waals surface area contributed by atoms with Crippen molar-refractivity contribution in [1.29, 1.82) is 0 Å². The summed E-state index contributed by atoms with van der Waals surface area (Å²) in [6.45, 7) is 0. The molecule has 1 aliphatic rings. The molecule has 2 amide bonds. The van der Waals surface area contributed by atoms with Crippen LogP contribution in [0.1, 0.15) is 26.3 Å². The van der Waals surface area contributed by atoms with E-state index in [9.17, 15) is 22.8 Å². The number of alkyl halides is 3. The highest BCUT2D eigenvalue weighted by Crippen LogP contribution is 2.37. The fourth-order valence-electron chi connectivity index (χ4n) is 4.86. The summed E-state index contributed by atoms with van der Waals surface area (Å²) in [4.78, 5) is 29.3. The molecular formula is C33H21F3N2O2. The molecule has 7 heteroatoms. The molecule has 0 spiro atoms. The minimum atomic E-state index is -4.51. The number of hydrogen-bond acceptors (Lipinski definition) is 3. The van der Waals surface area contributed by atoms with Gasteiger partial charge >= 0.3 is 6.18 Å². The Morgan fingerprint density at radius 2 is 1.02 bits per heavy atom. The van der Waals surface area contributed by atoms with E-state index in [1.165, 1.54) is 0 Å². The number of anilines is 4. The summed E-state index contributed by atoms with van der Waals surface area (Å²) >= 11 is 0. The van der Waals surface area contributed by atoms with Crippen LogP contribution in [-0.4, -0.2) is 11.8 Å². The number of hydrogen-bond donors (Lipinski definition) is 0. The predicted octanol–water partition coefficient (Wildman–Crippen LogP) is 8.64. The Morgan fingerprint density at radius 1 is 0.525 bits per heavy atom. The van der Waals surface area contributed by atoms with Gasteiger partial charge < -0.3 is 4.90 Å². The molecule has 40 heavy (non-hydrogen) atoms. The molecule has 0 aliphatic carbocycles. The number of carbonyl (C=O) groups excluding carboxylic acids is 2. The Bertz CT molecular complexity index is 1660. The second-order valence-corrected chi connectivity index (χ2v) is 9.30.